The molecule has 1 heterocycles. The van der Waals surface area contributed by atoms with Gasteiger partial charge in [-0.2, -0.15) is 0 Å². The van der Waals surface area contributed by atoms with Gasteiger partial charge in [0.15, 0.2) is 0 Å². The van der Waals surface area contributed by atoms with Gasteiger partial charge in [0, 0.05) is 37.1 Å². The standard InChI is InChI=1S/C37H49N5O3/c1-45-35-21-19-29(20-22-35)23-25-41-24-11-18-33(41)28-42(37(44)40-32-16-9-4-10-17-32)34(26-30-12-5-2-6-13-30)27-38-36(43)39-31-14-7-3-8-15-31/h3-4,7-10,14-17,19-22,30,33-34H,2,5-6,11-13,18,23-28H2,1H3,(H,40,44)(H2,38,39,43)/t33-,34+/m0/s1. The van der Waals surface area contributed by atoms with Crippen LogP contribution in [0.4, 0.5) is 21.0 Å². The van der Waals surface area contributed by atoms with Crippen LogP contribution in [0.1, 0.15) is 56.9 Å². The number of para-hydroxylation sites is 2. The van der Waals surface area contributed by atoms with Gasteiger partial charge < -0.3 is 25.6 Å². The molecule has 1 aliphatic carbocycles. The molecule has 2 fully saturated rings. The highest BCUT2D eigenvalue weighted by molar-refractivity contribution is 5.90. The third kappa shape index (κ3) is 9.98. The molecule has 1 saturated carbocycles. The summed E-state index contributed by atoms with van der Waals surface area (Å²) < 4.78 is 5.33. The van der Waals surface area contributed by atoms with Crippen LogP contribution >= 0.6 is 0 Å². The number of carbonyl (C=O) groups excluding carboxylic acids is 2. The van der Waals surface area contributed by atoms with E-state index in [1.807, 2.05) is 77.7 Å². The molecule has 0 bridgehead atoms. The van der Waals surface area contributed by atoms with E-state index >= 15 is 0 Å². The van der Waals surface area contributed by atoms with Gasteiger partial charge in [-0.1, -0.05) is 80.6 Å². The van der Waals surface area contributed by atoms with Crippen molar-refractivity contribution in [2.75, 3.05) is 43.9 Å². The summed E-state index contributed by atoms with van der Waals surface area (Å²) in [5.74, 6) is 1.41. The Hall–Kier alpha value is -4.04. The van der Waals surface area contributed by atoms with Crippen LogP contribution in [0, 0.1) is 5.92 Å². The number of rotatable bonds is 13. The average molecular weight is 612 g/mol. The van der Waals surface area contributed by atoms with Gasteiger partial charge in [0.2, 0.25) is 0 Å². The number of nitrogens with one attached hydrogen (secondary N) is 3. The highest BCUT2D eigenvalue weighted by Crippen LogP contribution is 2.30. The molecule has 0 radical (unpaired) electrons. The second-order valence-electron chi connectivity index (χ2n) is 12.5. The van der Waals surface area contributed by atoms with Gasteiger partial charge in [-0.05, 0) is 80.1 Å². The molecule has 0 unspecified atom stereocenters. The van der Waals surface area contributed by atoms with E-state index in [1.54, 1.807) is 7.11 Å². The first kappa shape index (κ1) is 32.4. The second kappa shape index (κ2) is 16.9. The third-order valence-corrected chi connectivity index (χ3v) is 9.34. The fourth-order valence-electron chi connectivity index (χ4n) is 6.84. The predicted octanol–water partition coefficient (Wildman–Crippen LogP) is 7.40. The molecule has 1 saturated heterocycles. The van der Waals surface area contributed by atoms with Crippen LogP contribution in [0.15, 0.2) is 84.9 Å². The van der Waals surface area contributed by atoms with Crippen LogP contribution in [-0.2, 0) is 6.42 Å². The predicted molar refractivity (Wildman–Crippen MR) is 182 cm³/mol. The summed E-state index contributed by atoms with van der Waals surface area (Å²) in [4.78, 5) is 31.7. The second-order valence-corrected chi connectivity index (χ2v) is 12.5. The first-order valence-electron chi connectivity index (χ1n) is 16.7. The normalized spacial score (nSPS) is 17.8. The largest absolute Gasteiger partial charge is 0.497 e. The number of ether oxygens (including phenoxy) is 1. The number of methoxy groups -OCH3 is 1. The van der Waals surface area contributed by atoms with E-state index < -0.39 is 0 Å². The van der Waals surface area contributed by atoms with E-state index in [0.29, 0.717) is 19.0 Å². The maximum Gasteiger partial charge on any atom is 0.322 e. The minimum Gasteiger partial charge on any atom is -0.497 e. The maximum absolute atomic E-state index is 14.1. The van der Waals surface area contributed by atoms with Crippen molar-refractivity contribution < 1.29 is 14.3 Å². The summed E-state index contributed by atoms with van der Waals surface area (Å²) in [6.45, 7) is 2.99. The van der Waals surface area contributed by atoms with Crippen LogP contribution in [0.5, 0.6) is 5.75 Å². The minimum absolute atomic E-state index is 0.103. The summed E-state index contributed by atoms with van der Waals surface area (Å²) in [7, 11) is 1.69. The summed E-state index contributed by atoms with van der Waals surface area (Å²) in [5, 5.41) is 9.23. The number of hydrogen-bond acceptors (Lipinski definition) is 4. The molecular formula is C37H49N5O3. The van der Waals surface area contributed by atoms with Crippen molar-refractivity contribution >= 4 is 23.4 Å². The lowest BCUT2D eigenvalue weighted by Gasteiger charge is -2.38. The number of nitrogens with zero attached hydrogens (tertiary/aromatic N) is 2. The van der Waals surface area contributed by atoms with Crippen molar-refractivity contribution in [3.8, 4) is 5.75 Å². The smallest absolute Gasteiger partial charge is 0.322 e. The van der Waals surface area contributed by atoms with Gasteiger partial charge in [0.25, 0.3) is 0 Å². The molecule has 240 valence electrons. The topological polar surface area (TPSA) is 85.9 Å². The lowest BCUT2D eigenvalue weighted by Crippen LogP contribution is -2.54. The molecule has 0 spiro atoms. The fourth-order valence-corrected chi connectivity index (χ4v) is 6.84. The summed E-state index contributed by atoms with van der Waals surface area (Å²) in [5.41, 5.74) is 2.81. The molecule has 8 heteroatoms. The minimum atomic E-state index is -0.250. The third-order valence-electron chi connectivity index (χ3n) is 9.34. The first-order chi connectivity index (χ1) is 22.1. The van der Waals surface area contributed by atoms with E-state index in [4.69, 9.17) is 4.74 Å². The Morgan fingerprint density at radius 1 is 0.844 bits per heavy atom. The highest BCUT2D eigenvalue weighted by Gasteiger charge is 2.33. The first-order valence-corrected chi connectivity index (χ1v) is 16.7. The van der Waals surface area contributed by atoms with Gasteiger partial charge in [-0.15, -0.1) is 0 Å². The van der Waals surface area contributed by atoms with Crippen molar-refractivity contribution in [3.05, 3.63) is 90.5 Å². The van der Waals surface area contributed by atoms with Crippen LogP contribution in [0.3, 0.4) is 0 Å². The number of urea groups is 2. The van der Waals surface area contributed by atoms with E-state index in [1.165, 1.54) is 37.7 Å². The number of amides is 4. The van der Waals surface area contributed by atoms with E-state index in [-0.39, 0.29) is 24.1 Å². The summed E-state index contributed by atoms with van der Waals surface area (Å²) in [6, 6.07) is 27.2. The molecule has 5 rings (SSSR count). The van der Waals surface area contributed by atoms with Gasteiger partial charge in [-0.25, -0.2) is 9.59 Å². The lowest BCUT2D eigenvalue weighted by atomic mass is 9.84. The van der Waals surface area contributed by atoms with Crippen molar-refractivity contribution in [3.63, 3.8) is 0 Å². The quantitative estimate of drug-likeness (QED) is 0.188. The van der Waals surface area contributed by atoms with Gasteiger partial charge in [-0.3, -0.25) is 4.90 Å². The zero-order valence-electron chi connectivity index (χ0n) is 26.6. The zero-order valence-corrected chi connectivity index (χ0v) is 26.6. The Kier molecular flexibility index (Phi) is 12.1. The summed E-state index contributed by atoms with van der Waals surface area (Å²) in [6.07, 6.45) is 10.1. The molecule has 3 aromatic carbocycles. The lowest BCUT2D eigenvalue weighted by molar-refractivity contribution is 0.133. The number of anilines is 2. The Balaban J connectivity index is 1.32. The molecule has 1 aliphatic heterocycles. The molecule has 2 aliphatic rings. The Labute approximate surface area is 268 Å². The van der Waals surface area contributed by atoms with Crippen LogP contribution < -0.4 is 20.7 Å². The average Bonchev–Trinajstić information content (AvgIpc) is 3.53. The Bertz CT molecular complexity index is 1310. The van der Waals surface area contributed by atoms with E-state index in [0.717, 1.165) is 55.9 Å². The van der Waals surface area contributed by atoms with Crippen molar-refractivity contribution in [2.24, 2.45) is 5.92 Å². The molecule has 2 atom stereocenters. The van der Waals surface area contributed by atoms with E-state index in [9.17, 15) is 9.59 Å². The van der Waals surface area contributed by atoms with E-state index in [2.05, 4.69) is 33.0 Å². The molecule has 3 N–H and O–H groups in total. The molecular weight excluding hydrogens is 562 g/mol. The number of benzene rings is 3. The number of likely N-dealkylation sites (tertiary alicyclic amines) is 1. The molecule has 45 heavy (non-hydrogen) atoms. The monoisotopic (exact) mass is 611 g/mol. The maximum atomic E-state index is 14.1. The van der Waals surface area contributed by atoms with Crippen molar-refractivity contribution in [1.29, 1.82) is 0 Å². The zero-order chi connectivity index (χ0) is 31.3. The van der Waals surface area contributed by atoms with Crippen LogP contribution in [0.25, 0.3) is 0 Å². The molecule has 3 aromatic rings. The van der Waals surface area contributed by atoms with Gasteiger partial charge >= 0.3 is 12.1 Å². The SMILES string of the molecule is COc1ccc(CCN2CCC[C@H]2CN(C(=O)Nc2ccccc2)[C@@H](CNC(=O)Nc2ccccc2)CC2CCCCC2)cc1. The van der Waals surface area contributed by atoms with Crippen LogP contribution in [-0.4, -0.2) is 67.2 Å². The van der Waals surface area contributed by atoms with Crippen molar-refractivity contribution in [1.82, 2.24) is 15.1 Å². The number of carbonyl (C=O) groups is 2. The molecule has 8 nitrogen and oxygen atoms in total. The Morgan fingerprint density at radius 3 is 2.18 bits per heavy atom. The van der Waals surface area contributed by atoms with Gasteiger partial charge in [0.1, 0.15) is 5.75 Å². The Morgan fingerprint density at radius 2 is 1.51 bits per heavy atom. The highest BCUT2D eigenvalue weighted by atomic mass is 16.5. The number of hydrogen-bond donors (Lipinski definition) is 3. The van der Waals surface area contributed by atoms with Crippen LogP contribution in [0.2, 0.25) is 0 Å². The molecule has 0 aromatic heterocycles. The summed E-state index contributed by atoms with van der Waals surface area (Å²) >= 11 is 0. The fraction of sp³-hybridized carbons (Fsp3) is 0.459. The molecule has 4 amide bonds. The van der Waals surface area contributed by atoms with Crippen molar-refractivity contribution in [2.45, 2.75) is 69.9 Å². The van der Waals surface area contributed by atoms with Gasteiger partial charge in [0.05, 0.1) is 13.2 Å².